The van der Waals surface area contributed by atoms with Gasteiger partial charge in [-0.2, -0.15) is 0 Å². The van der Waals surface area contributed by atoms with Gasteiger partial charge in [0, 0.05) is 5.38 Å². The molecule has 0 aliphatic carbocycles. The van der Waals surface area contributed by atoms with Crippen molar-refractivity contribution < 1.29 is 29.3 Å². The maximum atomic E-state index is 11.6. The first-order chi connectivity index (χ1) is 10.1. The molecule has 1 rings (SSSR count). The molecule has 0 aliphatic heterocycles. The first-order valence-corrected chi connectivity index (χ1v) is 7.07. The number of rotatable bonds is 5. The smallest absolute Gasteiger partial charge is 0.413 e. The van der Waals surface area contributed by atoms with Crippen LogP contribution in [0.1, 0.15) is 32.9 Å². The third-order valence-electron chi connectivity index (χ3n) is 2.10. The summed E-state index contributed by atoms with van der Waals surface area (Å²) < 4.78 is 5.05. The lowest BCUT2D eigenvalue weighted by Gasteiger charge is -2.18. The standard InChI is InChI=1S/C13H16N2O6S/c1-13(2,3)21-12(20)15-11-14-8(6-22-11)7(10(18)19)4-5-9(16)17/h4,6H,5H2,1-3H3,(H,16,17)(H,18,19)(H,14,15,20)/b7-4+. The first-order valence-electron chi connectivity index (χ1n) is 6.19. The number of amides is 1. The third-order valence-corrected chi connectivity index (χ3v) is 2.86. The van der Waals surface area contributed by atoms with E-state index in [4.69, 9.17) is 14.9 Å². The minimum Gasteiger partial charge on any atom is -0.481 e. The zero-order valence-electron chi connectivity index (χ0n) is 12.2. The normalized spacial score (nSPS) is 11.9. The number of carboxylic acid groups (broad SMARTS) is 2. The molecule has 1 heterocycles. The molecule has 3 N–H and O–H groups in total. The van der Waals surface area contributed by atoms with E-state index in [1.807, 2.05) is 0 Å². The molecule has 1 amide bonds. The Morgan fingerprint density at radius 3 is 2.50 bits per heavy atom. The van der Waals surface area contributed by atoms with Crippen LogP contribution in [0.4, 0.5) is 9.93 Å². The topological polar surface area (TPSA) is 126 Å². The van der Waals surface area contributed by atoms with Crippen molar-refractivity contribution >= 4 is 40.1 Å². The Balaban J connectivity index is 2.85. The summed E-state index contributed by atoms with van der Waals surface area (Å²) in [5, 5.41) is 21.6. The number of anilines is 1. The molecule has 1 aromatic heterocycles. The van der Waals surface area contributed by atoms with Crippen LogP contribution in [-0.2, 0) is 14.3 Å². The molecule has 9 heteroatoms. The van der Waals surface area contributed by atoms with Gasteiger partial charge in [-0.25, -0.2) is 14.6 Å². The van der Waals surface area contributed by atoms with Gasteiger partial charge in [-0.3, -0.25) is 10.1 Å². The van der Waals surface area contributed by atoms with E-state index < -0.39 is 30.1 Å². The van der Waals surface area contributed by atoms with Gasteiger partial charge in [0.1, 0.15) is 5.60 Å². The van der Waals surface area contributed by atoms with Gasteiger partial charge in [0.25, 0.3) is 0 Å². The monoisotopic (exact) mass is 328 g/mol. The van der Waals surface area contributed by atoms with E-state index in [2.05, 4.69) is 10.3 Å². The van der Waals surface area contributed by atoms with Crippen molar-refractivity contribution in [2.75, 3.05) is 5.32 Å². The fraction of sp³-hybridized carbons (Fsp3) is 0.385. The molecule has 0 fully saturated rings. The first kappa shape index (κ1) is 17.6. The van der Waals surface area contributed by atoms with Gasteiger partial charge in [-0.05, 0) is 20.8 Å². The number of ether oxygens (including phenoxy) is 1. The number of carboxylic acids is 2. The molecule has 0 radical (unpaired) electrons. The zero-order chi connectivity index (χ0) is 16.9. The molecule has 1 aromatic rings. The number of nitrogens with one attached hydrogen (secondary N) is 1. The van der Waals surface area contributed by atoms with E-state index in [9.17, 15) is 14.4 Å². The zero-order valence-corrected chi connectivity index (χ0v) is 13.1. The number of hydrogen-bond acceptors (Lipinski definition) is 6. The van der Waals surface area contributed by atoms with Crippen molar-refractivity contribution in [3.8, 4) is 0 Å². The maximum Gasteiger partial charge on any atom is 0.413 e. The lowest BCUT2D eigenvalue weighted by molar-refractivity contribution is -0.136. The van der Waals surface area contributed by atoms with E-state index in [0.717, 1.165) is 17.4 Å². The third kappa shape index (κ3) is 5.92. The molecule has 0 aromatic carbocycles. The summed E-state index contributed by atoms with van der Waals surface area (Å²) in [5.74, 6) is -2.45. The lowest BCUT2D eigenvalue weighted by atomic mass is 10.1. The molecule has 0 saturated carbocycles. The second kappa shape index (κ2) is 7.03. The average Bonchev–Trinajstić information content (AvgIpc) is 2.73. The molecule has 0 aliphatic rings. The number of thiazole rings is 1. The fourth-order valence-electron chi connectivity index (χ4n) is 1.34. The summed E-state index contributed by atoms with van der Waals surface area (Å²) in [6.45, 7) is 5.12. The summed E-state index contributed by atoms with van der Waals surface area (Å²) in [5.41, 5.74) is -0.835. The Labute approximate surface area is 130 Å². The average molecular weight is 328 g/mol. The lowest BCUT2D eigenvalue weighted by Crippen LogP contribution is -2.27. The van der Waals surface area contributed by atoms with Gasteiger partial charge in [-0.15, -0.1) is 11.3 Å². The highest BCUT2D eigenvalue weighted by Crippen LogP contribution is 2.23. The van der Waals surface area contributed by atoms with Crippen LogP contribution in [0, 0.1) is 0 Å². The summed E-state index contributed by atoms with van der Waals surface area (Å²) in [7, 11) is 0. The van der Waals surface area contributed by atoms with E-state index >= 15 is 0 Å². The molecule has 22 heavy (non-hydrogen) atoms. The molecule has 0 bridgehead atoms. The Hall–Kier alpha value is -2.42. The Bertz CT molecular complexity index is 614. The summed E-state index contributed by atoms with van der Waals surface area (Å²) in [6.07, 6.45) is -0.0925. The van der Waals surface area contributed by atoms with Crippen LogP contribution in [0.3, 0.4) is 0 Å². The Morgan fingerprint density at radius 2 is 2.00 bits per heavy atom. The predicted octanol–water partition coefficient (Wildman–Crippen LogP) is 2.43. The van der Waals surface area contributed by atoms with Gasteiger partial charge in [-0.1, -0.05) is 6.08 Å². The maximum absolute atomic E-state index is 11.6. The van der Waals surface area contributed by atoms with Crippen molar-refractivity contribution in [3.05, 3.63) is 17.2 Å². The summed E-state index contributed by atoms with van der Waals surface area (Å²) in [4.78, 5) is 37.2. The van der Waals surface area contributed by atoms with Gasteiger partial charge >= 0.3 is 18.0 Å². The number of aromatic nitrogens is 1. The quantitative estimate of drug-likeness (QED) is 0.708. The summed E-state index contributed by atoms with van der Waals surface area (Å²) >= 11 is 1.01. The number of aliphatic carboxylic acids is 2. The van der Waals surface area contributed by atoms with Crippen molar-refractivity contribution in [3.63, 3.8) is 0 Å². The SMILES string of the molecule is CC(C)(C)OC(=O)Nc1nc(/C(=C\CC(=O)O)C(=O)O)cs1. The molecule has 8 nitrogen and oxygen atoms in total. The minimum atomic E-state index is -1.30. The van der Waals surface area contributed by atoms with E-state index in [1.165, 1.54) is 5.38 Å². The van der Waals surface area contributed by atoms with Crippen LogP contribution in [-0.4, -0.2) is 38.8 Å². The van der Waals surface area contributed by atoms with Crippen LogP contribution in [0.2, 0.25) is 0 Å². The van der Waals surface area contributed by atoms with Crippen LogP contribution < -0.4 is 5.32 Å². The second-order valence-corrected chi connectivity index (χ2v) is 6.04. The van der Waals surface area contributed by atoms with E-state index in [1.54, 1.807) is 20.8 Å². The van der Waals surface area contributed by atoms with Gasteiger partial charge in [0.05, 0.1) is 17.7 Å². The fourth-order valence-corrected chi connectivity index (χ4v) is 2.03. The van der Waals surface area contributed by atoms with E-state index in [-0.39, 0.29) is 16.4 Å². The number of carbonyl (C=O) groups excluding carboxylic acids is 1. The minimum absolute atomic E-state index is 0.0739. The Kier molecular flexibility index (Phi) is 5.63. The highest BCUT2D eigenvalue weighted by molar-refractivity contribution is 7.14. The Morgan fingerprint density at radius 1 is 1.36 bits per heavy atom. The van der Waals surface area contributed by atoms with Crippen LogP contribution in [0.5, 0.6) is 0 Å². The highest BCUT2D eigenvalue weighted by atomic mass is 32.1. The number of nitrogens with zero attached hydrogens (tertiary/aromatic N) is 1. The molecule has 0 spiro atoms. The molecule has 0 unspecified atom stereocenters. The van der Waals surface area contributed by atoms with Gasteiger partial charge in [0.2, 0.25) is 0 Å². The van der Waals surface area contributed by atoms with Crippen molar-refractivity contribution in [2.24, 2.45) is 0 Å². The largest absolute Gasteiger partial charge is 0.481 e. The van der Waals surface area contributed by atoms with Crippen LogP contribution >= 0.6 is 11.3 Å². The van der Waals surface area contributed by atoms with Gasteiger partial charge < -0.3 is 14.9 Å². The highest BCUT2D eigenvalue weighted by Gasteiger charge is 2.19. The summed E-state index contributed by atoms with van der Waals surface area (Å²) in [6, 6.07) is 0. The molecular formula is C13H16N2O6S. The van der Waals surface area contributed by atoms with Crippen molar-refractivity contribution in [2.45, 2.75) is 32.8 Å². The van der Waals surface area contributed by atoms with Crippen LogP contribution in [0.25, 0.3) is 5.57 Å². The molecule has 120 valence electrons. The number of carbonyl (C=O) groups is 3. The van der Waals surface area contributed by atoms with Crippen molar-refractivity contribution in [1.82, 2.24) is 4.98 Å². The van der Waals surface area contributed by atoms with Crippen LogP contribution in [0.15, 0.2) is 11.5 Å². The second-order valence-electron chi connectivity index (χ2n) is 5.19. The molecule has 0 atom stereocenters. The molecule has 0 saturated heterocycles. The number of hydrogen-bond donors (Lipinski definition) is 3. The van der Waals surface area contributed by atoms with Gasteiger partial charge in [0.15, 0.2) is 5.13 Å². The van der Waals surface area contributed by atoms with Crippen molar-refractivity contribution in [1.29, 1.82) is 0 Å². The predicted molar refractivity (Wildman–Crippen MR) is 79.8 cm³/mol. The van der Waals surface area contributed by atoms with E-state index in [0.29, 0.717) is 0 Å². The molecular weight excluding hydrogens is 312 g/mol.